The van der Waals surface area contributed by atoms with Gasteiger partial charge in [-0.3, -0.25) is 0 Å². The zero-order chi connectivity index (χ0) is 14.5. The van der Waals surface area contributed by atoms with Gasteiger partial charge in [0, 0.05) is 19.2 Å². The Morgan fingerprint density at radius 2 is 2.00 bits per heavy atom. The Balaban J connectivity index is 2.67. The molecule has 0 fully saturated rings. The molecule has 1 atom stereocenters. The lowest BCUT2D eigenvalue weighted by Crippen LogP contribution is -2.44. The second-order valence-electron chi connectivity index (χ2n) is 5.76. The second kappa shape index (κ2) is 7.13. The lowest BCUT2D eigenvalue weighted by Gasteiger charge is -2.26. The van der Waals surface area contributed by atoms with Crippen molar-refractivity contribution in [2.75, 3.05) is 20.3 Å². The van der Waals surface area contributed by atoms with Crippen LogP contribution in [0, 0.1) is 6.92 Å². The van der Waals surface area contributed by atoms with E-state index in [0.717, 1.165) is 5.56 Å². The summed E-state index contributed by atoms with van der Waals surface area (Å²) in [7, 11) is 1.67. The Kier molecular flexibility index (Phi) is 6.11. The number of nitrogens with one attached hydrogen (secondary N) is 1. The first-order chi connectivity index (χ1) is 8.81. The van der Waals surface area contributed by atoms with E-state index >= 15 is 0 Å². The topological polar surface area (TPSA) is 30.5 Å². The highest BCUT2D eigenvalue weighted by atomic mass is 35.5. The Labute approximate surface area is 121 Å². The highest BCUT2D eigenvalue weighted by molar-refractivity contribution is 6.32. The molecule has 0 amide bonds. The molecule has 4 heteroatoms. The minimum atomic E-state index is -0.0653. The van der Waals surface area contributed by atoms with E-state index in [4.69, 9.17) is 21.1 Å². The molecular formula is C15H24ClNO2. The molecule has 0 aliphatic carbocycles. The molecule has 1 N–H and O–H groups in total. The molecule has 1 unspecified atom stereocenters. The van der Waals surface area contributed by atoms with Crippen LogP contribution in [0.15, 0.2) is 18.2 Å². The van der Waals surface area contributed by atoms with E-state index in [-0.39, 0.29) is 11.6 Å². The van der Waals surface area contributed by atoms with Gasteiger partial charge in [-0.2, -0.15) is 0 Å². The van der Waals surface area contributed by atoms with Gasteiger partial charge in [0.1, 0.15) is 11.9 Å². The van der Waals surface area contributed by atoms with E-state index in [0.29, 0.717) is 23.9 Å². The van der Waals surface area contributed by atoms with Gasteiger partial charge in [-0.1, -0.05) is 17.7 Å². The van der Waals surface area contributed by atoms with Crippen LogP contribution in [0.25, 0.3) is 0 Å². The van der Waals surface area contributed by atoms with Gasteiger partial charge in [0.05, 0.1) is 11.6 Å². The van der Waals surface area contributed by atoms with E-state index < -0.39 is 0 Å². The molecule has 0 aromatic heterocycles. The molecule has 0 saturated heterocycles. The Morgan fingerprint density at radius 1 is 1.32 bits per heavy atom. The Morgan fingerprint density at radius 3 is 2.53 bits per heavy atom. The summed E-state index contributed by atoms with van der Waals surface area (Å²) in [5.41, 5.74) is 1.17. The van der Waals surface area contributed by atoms with Gasteiger partial charge in [-0.15, -0.1) is 0 Å². The Hall–Kier alpha value is -0.770. The van der Waals surface area contributed by atoms with Gasteiger partial charge >= 0.3 is 0 Å². The van der Waals surface area contributed by atoms with Crippen molar-refractivity contribution in [3.63, 3.8) is 0 Å². The normalized spacial score (nSPS) is 13.4. The maximum atomic E-state index is 6.18. The quantitative estimate of drug-likeness (QED) is 0.869. The van der Waals surface area contributed by atoms with Crippen LogP contribution in [-0.4, -0.2) is 31.9 Å². The van der Waals surface area contributed by atoms with E-state index in [1.165, 1.54) is 0 Å². The van der Waals surface area contributed by atoms with Crippen LogP contribution < -0.4 is 10.1 Å². The molecule has 1 rings (SSSR count). The molecule has 1 aromatic carbocycles. The molecule has 0 spiro atoms. The average Bonchev–Trinajstić information content (AvgIpc) is 2.28. The van der Waals surface area contributed by atoms with Gasteiger partial charge in [0.15, 0.2) is 0 Å². The van der Waals surface area contributed by atoms with E-state index in [1.54, 1.807) is 7.11 Å². The van der Waals surface area contributed by atoms with Gasteiger partial charge in [0.25, 0.3) is 0 Å². The van der Waals surface area contributed by atoms with Gasteiger partial charge in [0.2, 0.25) is 0 Å². The fourth-order valence-electron chi connectivity index (χ4n) is 1.62. The molecule has 3 nitrogen and oxygen atoms in total. The van der Waals surface area contributed by atoms with Crippen LogP contribution in [0.5, 0.6) is 5.75 Å². The SMILES string of the molecule is COCC(CNC(C)(C)C)Oc1ccc(C)cc1Cl. The third-order valence-corrected chi connectivity index (χ3v) is 2.89. The molecule has 0 bridgehead atoms. The van der Waals surface area contributed by atoms with Crippen LogP contribution >= 0.6 is 11.6 Å². The monoisotopic (exact) mass is 285 g/mol. The number of rotatable bonds is 6. The first-order valence-electron chi connectivity index (χ1n) is 6.48. The zero-order valence-corrected chi connectivity index (χ0v) is 13.2. The molecular weight excluding hydrogens is 262 g/mol. The van der Waals surface area contributed by atoms with Crippen molar-refractivity contribution in [2.45, 2.75) is 39.3 Å². The Bertz CT molecular complexity index is 402. The van der Waals surface area contributed by atoms with Crippen molar-refractivity contribution < 1.29 is 9.47 Å². The minimum Gasteiger partial charge on any atom is -0.485 e. The van der Waals surface area contributed by atoms with Gasteiger partial charge in [-0.05, 0) is 45.4 Å². The van der Waals surface area contributed by atoms with Crippen molar-refractivity contribution in [3.8, 4) is 5.75 Å². The number of methoxy groups -OCH3 is 1. The first kappa shape index (κ1) is 16.3. The van der Waals surface area contributed by atoms with Crippen molar-refractivity contribution in [3.05, 3.63) is 28.8 Å². The standard InChI is InChI=1S/C15H24ClNO2/c1-11-6-7-14(13(16)8-11)19-12(10-18-5)9-17-15(2,3)4/h6-8,12,17H,9-10H2,1-5H3. The molecule has 19 heavy (non-hydrogen) atoms. The maximum absolute atomic E-state index is 6.18. The van der Waals surface area contributed by atoms with Crippen LogP contribution in [0.2, 0.25) is 5.02 Å². The number of benzene rings is 1. The fourth-order valence-corrected chi connectivity index (χ4v) is 1.90. The third-order valence-electron chi connectivity index (χ3n) is 2.59. The lowest BCUT2D eigenvalue weighted by molar-refractivity contribution is 0.0765. The van der Waals surface area contributed by atoms with Crippen molar-refractivity contribution in [1.29, 1.82) is 0 Å². The molecule has 0 heterocycles. The average molecular weight is 286 g/mol. The van der Waals surface area contributed by atoms with Crippen LogP contribution in [0.4, 0.5) is 0 Å². The number of aryl methyl sites for hydroxylation is 1. The number of hydrogen-bond acceptors (Lipinski definition) is 3. The number of halogens is 1. The molecule has 1 aromatic rings. The number of hydrogen-bond donors (Lipinski definition) is 1. The van der Waals surface area contributed by atoms with Crippen molar-refractivity contribution in [1.82, 2.24) is 5.32 Å². The van der Waals surface area contributed by atoms with Crippen molar-refractivity contribution >= 4 is 11.6 Å². The van der Waals surface area contributed by atoms with Crippen LogP contribution in [-0.2, 0) is 4.74 Å². The van der Waals surface area contributed by atoms with Crippen LogP contribution in [0.3, 0.4) is 0 Å². The highest BCUT2D eigenvalue weighted by Crippen LogP contribution is 2.26. The van der Waals surface area contributed by atoms with E-state index in [2.05, 4.69) is 26.1 Å². The molecule has 0 aliphatic heterocycles. The van der Waals surface area contributed by atoms with Crippen LogP contribution in [0.1, 0.15) is 26.3 Å². The smallest absolute Gasteiger partial charge is 0.138 e. The summed E-state index contributed by atoms with van der Waals surface area (Å²) in [4.78, 5) is 0. The molecule has 0 saturated carbocycles. The molecule has 108 valence electrons. The molecule has 0 radical (unpaired) electrons. The minimum absolute atomic E-state index is 0.0480. The van der Waals surface area contributed by atoms with Gasteiger partial charge in [-0.25, -0.2) is 0 Å². The van der Waals surface area contributed by atoms with E-state index in [1.807, 2.05) is 25.1 Å². The first-order valence-corrected chi connectivity index (χ1v) is 6.86. The second-order valence-corrected chi connectivity index (χ2v) is 6.17. The summed E-state index contributed by atoms with van der Waals surface area (Å²) < 4.78 is 11.1. The van der Waals surface area contributed by atoms with Gasteiger partial charge < -0.3 is 14.8 Å². The summed E-state index contributed by atoms with van der Waals surface area (Å²) in [6.45, 7) is 9.60. The number of ether oxygens (including phenoxy) is 2. The predicted octanol–water partition coefficient (Wildman–Crippen LogP) is 3.43. The highest BCUT2D eigenvalue weighted by Gasteiger charge is 2.16. The summed E-state index contributed by atoms with van der Waals surface area (Å²) in [5.74, 6) is 0.699. The summed E-state index contributed by atoms with van der Waals surface area (Å²) in [6.07, 6.45) is -0.0653. The largest absolute Gasteiger partial charge is 0.485 e. The predicted molar refractivity (Wildman–Crippen MR) is 80.2 cm³/mol. The summed E-state index contributed by atoms with van der Waals surface area (Å²) in [5, 5.41) is 4.05. The molecule has 0 aliphatic rings. The van der Waals surface area contributed by atoms with E-state index in [9.17, 15) is 0 Å². The summed E-state index contributed by atoms with van der Waals surface area (Å²) >= 11 is 6.18. The maximum Gasteiger partial charge on any atom is 0.138 e. The third kappa shape index (κ3) is 6.28. The van der Waals surface area contributed by atoms with Crippen molar-refractivity contribution in [2.24, 2.45) is 0 Å². The summed E-state index contributed by atoms with van der Waals surface area (Å²) in [6, 6.07) is 5.79. The lowest BCUT2D eigenvalue weighted by atomic mass is 10.1. The fraction of sp³-hybridized carbons (Fsp3) is 0.600. The zero-order valence-electron chi connectivity index (χ0n) is 12.4.